The second kappa shape index (κ2) is 9.86. The number of thioether (sulfide) groups is 1. The van der Waals surface area contributed by atoms with E-state index in [1.54, 1.807) is 0 Å². The van der Waals surface area contributed by atoms with Gasteiger partial charge in [-0.1, -0.05) is 53.4 Å². The number of nitrogens with one attached hydrogen (secondary N) is 1. The number of anilines is 2. The summed E-state index contributed by atoms with van der Waals surface area (Å²) in [6, 6.07) is 17.9. The van der Waals surface area contributed by atoms with Gasteiger partial charge in [0.25, 0.3) is 5.91 Å². The standard InChI is InChI=1S/C22H20N6O2S3/c29-18(28-12-10-27(11-13-28)15-6-2-1-3-7-15)14-31-22-26-25-21(33-22)24-19(30)20-23-16-8-4-5-9-17(16)32-20/h1-9H,10-14H2,(H,24,25,30). The Kier molecular flexibility index (Phi) is 6.51. The van der Waals surface area contributed by atoms with Crippen LogP contribution in [0.15, 0.2) is 58.9 Å². The number of para-hydroxylation sites is 2. The average Bonchev–Trinajstić information content (AvgIpc) is 3.50. The Morgan fingerprint density at radius 3 is 2.48 bits per heavy atom. The molecule has 0 aliphatic carbocycles. The summed E-state index contributed by atoms with van der Waals surface area (Å²) in [6.07, 6.45) is 0. The molecule has 1 aliphatic heterocycles. The van der Waals surface area contributed by atoms with Crippen LogP contribution in [0.3, 0.4) is 0 Å². The summed E-state index contributed by atoms with van der Waals surface area (Å²) in [5.74, 6) is 0.0745. The highest BCUT2D eigenvalue weighted by Crippen LogP contribution is 2.27. The quantitative estimate of drug-likeness (QED) is 0.320. The molecule has 33 heavy (non-hydrogen) atoms. The minimum absolute atomic E-state index is 0.0861. The number of hydrogen-bond donors (Lipinski definition) is 1. The highest BCUT2D eigenvalue weighted by atomic mass is 32.2. The van der Waals surface area contributed by atoms with Crippen molar-refractivity contribution in [2.75, 3.05) is 42.1 Å². The van der Waals surface area contributed by atoms with Crippen molar-refractivity contribution in [3.63, 3.8) is 0 Å². The molecule has 0 unspecified atom stereocenters. The molecule has 0 spiro atoms. The van der Waals surface area contributed by atoms with Crippen LogP contribution in [0.1, 0.15) is 9.80 Å². The fourth-order valence-electron chi connectivity index (χ4n) is 3.51. The summed E-state index contributed by atoms with van der Waals surface area (Å²) in [4.78, 5) is 33.7. The van der Waals surface area contributed by atoms with Gasteiger partial charge in [0.2, 0.25) is 11.0 Å². The van der Waals surface area contributed by atoms with Crippen LogP contribution < -0.4 is 10.2 Å². The molecule has 4 aromatic rings. The van der Waals surface area contributed by atoms with Crippen molar-refractivity contribution in [2.24, 2.45) is 0 Å². The molecular formula is C22H20N6O2S3. The second-order valence-corrected chi connectivity index (χ2v) is 10.5. The lowest BCUT2D eigenvalue weighted by atomic mass is 10.2. The van der Waals surface area contributed by atoms with Gasteiger partial charge in [0.1, 0.15) is 0 Å². The van der Waals surface area contributed by atoms with E-state index in [1.165, 1.54) is 40.1 Å². The maximum Gasteiger partial charge on any atom is 0.286 e. The SMILES string of the molecule is O=C(Nc1nnc(SCC(=O)N2CCN(c3ccccc3)CC2)s1)c1nc2ccccc2s1. The molecule has 1 fully saturated rings. The molecule has 11 heteroatoms. The molecule has 8 nitrogen and oxygen atoms in total. The van der Waals surface area contributed by atoms with Crippen molar-refractivity contribution < 1.29 is 9.59 Å². The number of rotatable bonds is 6. The predicted octanol–water partition coefficient (Wildman–Crippen LogP) is 3.84. The molecule has 1 aliphatic rings. The van der Waals surface area contributed by atoms with E-state index < -0.39 is 0 Å². The molecule has 168 valence electrons. The Hall–Kier alpha value is -3.02. The Labute approximate surface area is 202 Å². The number of hydrogen-bond acceptors (Lipinski definition) is 9. The molecule has 0 saturated carbocycles. The van der Waals surface area contributed by atoms with Gasteiger partial charge in [-0.05, 0) is 24.3 Å². The summed E-state index contributed by atoms with van der Waals surface area (Å²) < 4.78 is 1.60. The van der Waals surface area contributed by atoms with Gasteiger partial charge < -0.3 is 9.80 Å². The molecule has 3 heterocycles. The van der Waals surface area contributed by atoms with E-state index in [0.29, 0.717) is 33.3 Å². The number of fused-ring (bicyclic) bond motifs is 1. The molecule has 0 bridgehead atoms. The summed E-state index contributed by atoms with van der Waals surface area (Å²) in [5, 5.41) is 11.7. The van der Waals surface area contributed by atoms with Crippen molar-refractivity contribution in [3.8, 4) is 0 Å². The number of nitrogens with zero attached hydrogens (tertiary/aromatic N) is 5. The summed E-state index contributed by atoms with van der Waals surface area (Å²) >= 11 is 3.93. The third kappa shape index (κ3) is 5.15. The van der Waals surface area contributed by atoms with Crippen LogP contribution in [0.2, 0.25) is 0 Å². The van der Waals surface area contributed by atoms with Crippen LogP contribution in [-0.2, 0) is 4.79 Å². The summed E-state index contributed by atoms with van der Waals surface area (Å²) in [6.45, 7) is 3.05. The number of carbonyl (C=O) groups is 2. The van der Waals surface area contributed by atoms with Crippen molar-refractivity contribution in [1.29, 1.82) is 0 Å². The van der Waals surface area contributed by atoms with Crippen LogP contribution in [-0.4, -0.2) is 63.8 Å². The van der Waals surface area contributed by atoms with Crippen LogP contribution in [0.4, 0.5) is 10.8 Å². The van der Waals surface area contributed by atoms with Gasteiger partial charge in [0.05, 0.1) is 16.0 Å². The Bertz CT molecular complexity index is 1230. The van der Waals surface area contributed by atoms with Gasteiger partial charge in [0, 0.05) is 31.9 Å². The summed E-state index contributed by atoms with van der Waals surface area (Å²) in [5.41, 5.74) is 1.98. The van der Waals surface area contributed by atoms with Gasteiger partial charge in [-0.3, -0.25) is 14.9 Å². The number of piperazine rings is 1. The Morgan fingerprint density at radius 2 is 1.70 bits per heavy atom. The number of carbonyl (C=O) groups excluding carboxylic acids is 2. The maximum atomic E-state index is 12.6. The van der Waals surface area contributed by atoms with Crippen molar-refractivity contribution >= 4 is 67.3 Å². The first kappa shape index (κ1) is 21.8. The van der Waals surface area contributed by atoms with E-state index in [4.69, 9.17) is 0 Å². The van der Waals surface area contributed by atoms with Crippen molar-refractivity contribution in [2.45, 2.75) is 4.34 Å². The fraction of sp³-hybridized carbons (Fsp3) is 0.227. The van der Waals surface area contributed by atoms with Crippen LogP contribution in [0.25, 0.3) is 10.2 Å². The topological polar surface area (TPSA) is 91.3 Å². The monoisotopic (exact) mass is 496 g/mol. The maximum absolute atomic E-state index is 12.6. The van der Waals surface area contributed by atoms with Crippen LogP contribution in [0, 0.1) is 0 Å². The molecule has 2 amide bonds. The fourth-order valence-corrected chi connectivity index (χ4v) is 6.02. The number of benzene rings is 2. The summed E-state index contributed by atoms with van der Waals surface area (Å²) in [7, 11) is 0. The molecule has 0 atom stereocenters. The van der Waals surface area contributed by atoms with E-state index >= 15 is 0 Å². The normalized spacial score (nSPS) is 13.9. The van der Waals surface area contributed by atoms with Gasteiger partial charge >= 0.3 is 0 Å². The minimum Gasteiger partial charge on any atom is -0.368 e. The first-order valence-corrected chi connectivity index (χ1v) is 13.0. The molecular weight excluding hydrogens is 476 g/mol. The Morgan fingerprint density at radius 1 is 0.939 bits per heavy atom. The minimum atomic E-state index is -0.309. The molecule has 1 N–H and O–H groups in total. The van der Waals surface area contributed by atoms with Gasteiger partial charge in [-0.2, -0.15) is 0 Å². The van der Waals surface area contributed by atoms with Crippen molar-refractivity contribution in [1.82, 2.24) is 20.1 Å². The Balaban J connectivity index is 1.11. The molecule has 2 aromatic heterocycles. The van der Waals surface area contributed by atoms with Gasteiger partial charge in [0.15, 0.2) is 9.35 Å². The zero-order valence-electron chi connectivity index (χ0n) is 17.5. The number of aromatic nitrogens is 3. The van der Waals surface area contributed by atoms with Crippen LogP contribution in [0.5, 0.6) is 0 Å². The van der Waals surface area contributed by atoms with E-state index in [9.17, 15) is 9.59 Å². The lowest BCUT2D eigenvalue weighted by molar-refractivity contribution is -0.128. The lowest BCUT2D eigenvalue weighted by Gasteiger charge is -2.36. The zero-order chi connectivity index (χ0) is 22.6. The highest BCUT2D eigenvalue weighted by Gasteiger charge is 2.22. The van der Waals surface area contributed by atoms with E-state index in [2.05, 4.69) is 37.5 Å². The third-order valence-electron chi connectivity index (χ3n) is 5.19. The van der Waals surface area contributed by atoms with Gasteiger partial charge in [-0.25, -0.2) is 4.98 Å². The molecule has 2 aromatic carbocycles. The first-order chi connectivity index (χ1) is 16.2. The predicted molar refractivity (Wildman–Crippen MR) is 133 cm³/mol. The van der Waals surface area contributed by atoms with E-state index in [1.807, 2.05) is 47.4 Å². The average molecular weight is 497 g/mol. The second-order valence-electron chi connectivity index (χ2n) is 7.31. The lowest BCUT2D eigenvalue weighted by Crippen LogP contribution is -2.49. The highest BCUT2D eigenvalue weighted by molar-refractivity contribution is 8.01. The zero-order valence-corrected chi connectivity index (χ0v) is 20.0. The molecule has 1 saturated heterocycles. The number of amides is 2. The van der Waals surface area contributed by atoms with E-state index in [-0.39, 0.29) is 11.8 Å². The van der Waals surface area contributed by atoms with E-state index in [0.717, 1.165) is 23.3 Å². The van der Waals surface area contributed by atoms with Gasteiger partial charge in [-0.15, -0.1) is 21.5 Å². The number of thiazole rings is 1. The third-order valence-corrected chi connectivity index (χ3v) is 8.18. The largest absolute Gasteiger partial charge is 0.368 e. The smallest absolute Gasteiger partial charge is 0.286 e. The van der Waals surface area contributed by atoms with Crippen LogP contribution >= 0.6 is 34.4 Å². The first-order valence-electron chi connectivity index (χ1n) is 10.4. The molecule has 0 radical (unpaired) electrons. The van der Waals surface area contributed by atoms with Crippen molar-refractivity contribution in [3.05, 3.63) is 59.6 Å². The molecule has 5 rings (SSSR count).